The molecular formula is C13H22BrNS. The summed E-state index contributed by atoms with van der Waals surface area (Å²) in [5.41, 5.74) is 0. The first-order chi connectivity index (χ1) is 7.74. The third-order valence-electron chi connectivity index (χ3n) is 3.03. The van der Waals surface area contributed by atoms with Crippen LogP contribution in [0.2, 0.25) is 0 Å². The summed E-state index contributed by atoms with van der Waals surface area (Å²) >= 11 is 5.50. The van der Waals surface area contributed by atoms with E-state index in [0.29, 0.717) is 6.04 Å². The van der Waals surface area contributed by atoms with Crippen molar-refractivity contribution in [3.05, 3.63) is 20.8 Å². The van der Waals surface area contributed by atoms with E-state index in [2.05, 4.69) is 53.6 Å². The van der Waals surface area contributed by atoms with E-state index in [0.717, 1.165) is 5.92 Å². The van der Waals surface area contributed by atoms with Crippen molar-refractivity contribution in [2.45, 2.75) is 45.6 Å². The lowest BCUT2D eigenvalue weighted by atomic mass is 9.89. The van der Waals surface area contributed by atoms with Crippen molar-refractivity contribution in [3.63, 3.8) is 0 Å². The molecule has 0 aromatic carbocycles. The average Bonchev–Trinajstić information content (AvgIpc) is 2.67. The minimum atomic E-state index is 0.509. The second kappa shape index (κ2) is 7.46. The van der Waals surface area contributed by atoms with Gasteiger partial charge in [-0.3, -0.25) is 0 Å². The van der Waals surface area contributed by atoms with E-state index in [1.165, 1.54) is 35.0 Å². The number of halogens is 1. The summed E-state index contributed by atoms with van der Waals surface area (Å²) in [6.07, 6.45) is 5.16. The van der Waals surface area contributed by atoms with Gasteiger partial charge in [0.05, 0.1) is 0 Å². The normalized spacial score (nSPS) is 13.3. The molecule has 1 aromatic rings. The number of thiophene rings is 1. The lowest BCUT2D eigenvalue weighted by Crippen LogP contribution is -2.24. The monoisotopic (exact) mass is 303 g/mol. The number of nitrogens with one attached hydrogen (secondary N) is 1. The zero-order valence-corrected chi connectivity index (χ0v) is 12.8. The fourth-order valence-corrected chi connectivity index (χ4v) is 4.15. The van der Waals surface area contributed by atoms with Gasteiger partial charge in [-0.1, -0.05) is 26.7 Å². The summed E-state index contributed by atoms with van der Waals surface area (Å²) in [5.74, 6) is 0.759. The average molecular weight is 304 g/mol. The van der Waals surface area contributed by atoms with Crippen LogP contribution in [0.4, 0.5) is 0 Å². The Labute approximate surface area is 112 Å². The largest absolute Gasteiger partial charge is 0.312 e. The fourth-order valence-electron chi connectivity index (χ4n) is 2.33. The maximum atomic E-state index is 3.65. The van der Waals surface area contributed by atoms with Crippen molar-refractivity contribution in [2.75, 3.05) is 7.05 Å². The minimum Gasteiger partial charge on any atom is -0.312 e. The van der Waals surface area contributed by atoms with Crippen molar-refractivity contribution in [1.29, 1.82) is 0 Å². The Balaban J connectivity index is 2.81. The maximum absolute atomic E-state index is 3.65. The molecule has 1 unspecified atom stereocenters. The molecule has 1 atom stereocenters. The molecule has 92 valence electrons. The third-order valence-corrected chi connectivity index (χ3v) is 4.98. The van der Waals surface area contributed by atoms with E-state index in [4.69, 9.17) is 0 Å². The van der Waals surface area contributed by atoms with Gasteiger partial charge in [-0.2, -0.15) is 0 Å². The van der Waals surface area contributed by atoms with E-state index in [-0.39, 0.29) is 0 Å². The Morgan fingerprint density at radius 3 is 2.31 bits per heavy atom. The number of hydrogen-bond donors (Lipinski definition) is 1. The highest BCUT2D eigenvalue weighted by atomic mass is 79.9. The first-order valence-electron chi connectivity index (χ1n) is 6.14. The van der Waals surface area contributed by atoms with Gasteiger partial charge in [-0.25, -0.2) is 0 Å². The van der Waals surface area contributed by atoms with Crippen molar-refractivity contribution in [3.8, 4) is 0 Å². The molecule has 0 fully saturated rings. The molecule has 1 rings (SSSR count). The number of rotatable bonds is 7. The van der Waals surface area contributed by atoms with E-state index in [1.807, 2.05) is 11.3 Å². The Hall–Kier alpha value is 0.140. The van der Waals surface area contributed by atoms with Crippen molar-refractivity contribution in [2.24, 2.45) is 5.92 Å². The fraction of sp³-hybridized carbons (Fsp3) is 0.692. The van der Waals surface area contributed by atoms with Crippen LogP contribution in [0.5, 0.6) is 0 Å². The Morgan fingerprint density at radius 1 is 1.31 bits per heavy atom. The van der Waals surface area contributed by atoms with Gasteiger partial charge in [-0.05, 0) is 53.2 Å². The molecule has 0 bridgehead atoms. The second-order valence-electron chi connectivity index (χ2n) is 4.24. The van der Waals surface area contributed by atoms with Gasteiger partial charge in [0, 0.05) is 15.4 Å². The van der Waals surface area contributed by atoms with Gasteiger partial charge >= 0.3 is 0 Å². The highest BCUT2D eigenvalue weighted by Gasteiger charge is 2.23. The zero-order valence-electron chi connectivity index (χ0n) is 10.4. The van der Waals surface area contributed by atoms with Crippen LogP contribution in [0.1, 0.15) is 50.4 Å². The molecule has 16 heavy (non-hydrogen) atoms. The molecular weight excluding hydrogens is 282 g/mol. The highest BCUT2D eigenvalue weighted by molar-refractivity contribution is 9.10. The predicted molar refractivity (Wildman–Crippen MR) is 77.1 cm³/mol. The molecule has 3 heteroatoms. The minimum absolute atomic E-state index is 0.509. The van der Waals surface area contributed by atoms with E-state index < -0.39 is 0 Å². The summed E-state index contributed by atoms with van der Waals surface area (Å²) in [4.78, 5) is 1.45. The summed E-state index contributed by atoms with van der Waals surface area (Å²) < 4.78 is 1.26. The Bertz CT molecular complexity index is 292. The van der Waals surface area contributed by atoms with Gasteiger partial charge in [0.2, 0.25) is 0 Å². The molecule has 0 aliphatic heterocycles. The molecule has 0 saturated carbocycles. The summed E-state index contributed by atoms with van der Waals surface area (Å²) in [7, 11) is 2.08. The van der Waals surface area contributed by atoms with Gasteiger partial charge in [0.1, 0.15) is 0 Å². The third kappa shape index (κ3) is 3.57. The van der Waals surface area contributed by atoms with Crippen LogP contribution in [0.25, 0.3) is 0 Å². The first kappa shape index (κ1) is 14.2. The topological polar surface area (TPSA) is 12.0 Å². The molecule has 0 amide bonds. The molecule has 0 spiro atoms. The van der Waals surface area contributed by atoms with Crippen LogP contribution in [-0.2, 0) is 0 Å². The summed E-state index contributed by atoms with van der Waals surface area (Å²) in [5, 5.41) is 5.66. The van der Waals surface area contributed by atoms with Crippen LogP contribution in [-0.4, -0.2) is 7.05 Å². The lowest BCUT2D eigenvalue weighted by molar-refractivity contribution is 0.334. The highest BCUT2D eigenvalue weighted by Crippen LogP contribution is 2.36. The SMILES string of the molecule is CCCC(CCC)C(NC)c1sccc1Br. The van der Waals surface area contributed by atoms with Gasteiger partial charge in [-0.15, -0.1) is 11.3 Å². The maximum Gasteiger partial charge on any atom is 0.0452 e. The molecule has 1 heterocycles. The van der Waals surface area contributed by atoms with Gasteiger partial charge in [0.15, 0.2) is 0 Å². The Kier molecular flexibility index (Phi) is 6.62. The second-order valence-corrected chi connectivity index (χ2v) is 6.04. The van der Waals surface area contributed by atoms with E-state index in [1.54, 1.807) is 0 Å². The van der Waals surface area contributed by atoms with Crippen LogP contribution in [0, 0.1) is 5.92 Å². The van der Waals surface area contributed by atoms with E-state index in [9.17, 15) is 0 Å². The molecule has 0 radical (unpaired) electrons. The van der Waals surface area contributed by atoms with Gasteiger partial charge < -0.3 is 5.32 Å². The van der Waals surface area contributed by atoms with Crippen LogP contribution < -0.4 is 5.32 Å². The lowest BCUT2D eigenvalue weighted by Gasteiger charge is -2.26. The molecule has 1 aromatic heterocycles. The molecule has 0 aliphatic rings. The van der Waals surface area contributed by atoms with Crippen LogP contribution in [0.15, 0.2) is 15.9 Å². The van der Waals surface area contributed by atoms with Crippen LogP contribution >= 0.6 is 27.3 Å². The molecule has 1 nitrogen and oxygen atoms in total. The van der Waals surface area contributed by atoms with E-state index >= 15 is 0 Å². The van der Waals surface area contributed by atoms with Gasteiger partial charge in [0.25, 0.3) is 0 Å². The molecule has 1 N–H and O–H groups in total. The number of hydrogen-bond acceptors (Lipinski definition) is 2. The van der Waals surface area contributed by atoms with Crippen molar-refractivity contribution >= 4 is 27.3 Å². The molecule has 0 aliphatic carbocycles. The first-order valence-corrected chi connectivity index (χ1v) is 7.81. The zero-order chi connectivity index (χ0) is 12.0. The smallest absolute Gasteiger partial charge is 0.0452 e. The Morgan fingerprint density at radius 2 is 1.94 bits per heavy atom. The summed E-state index contributed by atoms with van der Waals surface area (Å²) in [6.45, 7) is 4.55. The van der Waals surface area contributed by atoms with Crippen LogP contribution in [0.3, 0.4) is 0 Å². The molecule has 0 saturated heterocycles. The summed E-state index contributed by atoms with van der Waals surface area (Å²) in [6, 6.07) is 2.66. The van der Waals surface area contributed by atoms with Crippen molar-refractivity contribution < 1.29 is 0 Å². The quantitative estimate of drug-likeness (QED) is 0.748. The van der Waals surface area contributed by atoms with Crippen molar-refractivity contribution in [1.82, 2.24) is 5.32 Å². The standard InChI is InChI=1S/C13H22BrNS/c1-4-6-10(7-5-2)12(15-3)13-11(14)8-9-16-13/h8-10,12,15H,4-7H2,1-3H3. The predicted octanol–water partition coefficient (Wildman–Crippen LogP) is 4.99.